The summed E-state index contributed by atoms with van der Waals surface area (Å²) in [6, 6.07) is 11.3. The van der Waals surface area contributed by atoms with Gasteiger partial charge in [-0.15, -0.1) is 0 Å². The number of anilines is 2. The van der Waals surface area contributed by atoms with Gasteiger partial charge in [0.2, 0.25) is 0 Å². The summed E-state index contributed by atoms with van der Waals surface area (Å²) in [5.74, 6) is 0.202. The summed E-state index contributed by atoms with van der Waals surface area (Å²) in [4.78, 5) is 12.4. The molecule has 0 saturated heterocycles. The molecular formula is C17H18N2O2. The van der Waals surface area contributed by atoms with E-state index in [2.05, 4.69) is 17.4 Å². The third-order valence-electron chi connectivity index (χ3n) is 3.85. The van der Waals surface area contributed by atoms with Gasteiger partial charge in [0.25, 0.3) is 5.91 Å². The van der Waals surface area contributed by atoms with E-state index < -0.39 is 0 Å². The number of para-hydroxylation sites is 1. The summed E-state index contributed by atoms with van der Waals surface area (Å²) in [7, 11) is 1.51. The number of hydrogen-bond donors (Lipinski definition) is 2. The molecule has 0 heterocycles. The molecule has 1 amide bonds. The van der Waals surface area contributed by atoms with E-state index in [-0.39, 0.29) is 5.91 Å². The van der Waals surface area contributed by atoms with Gasteiger partial charge in [-0.1, -0.05) is 12.1 Å². The smallest absolute Gasteiger partial charge is 0.259 e. The van der Waals surface area contributed by atoms with Crippen LogP contribution < -0.4 is 15.8 Å². The van der Waals surface area contributed by atoms with Crippen molar-refractivity contribution in [3.8, 4) is 5.75 Å². The molecular weight excluding hydrogens is 264 g/mol. The number of carbonyl (C=O) groups is 1. The Morgan fingerprint density at radius 2 is 2.00 bits per heavy atom. The number of nitrogens with one attached hydrogen (secondary N) is 1. The molecule has 2 aromatic carbocycles. The van der Waals surface area contributed by atoms with Crippen LogP contribution in [-0.2, 0) is 12.8 Å². The van der Waals surface area contributed by atoms with Crippen molar-refractivity contribution in [2.75, 3.05) is 18.2 Å². The van der Waals surface area contributed by atoms with E-state index in [1.807, 2.05) is 6.07 Å². The summed E-state index contributed by atoms with van der Waals surface area (Å²) in [6.45, 7) is 0. The molecule has 0 spiro atoms. The Balaban J connectivity index is 1.85. The Bertz CT molecular complexity index is 695. The van der Waals surface area contributed by atoms with Gasteiger partial charge in [-0.05, 0) is 54.7 Å². The van der Waals surface area contributed by atoms with Crippen LogP contribution in [0.3, 0.4) is 0 Å². The van der Waals surface area contributed by atoms with Crippen molar-refractivity contribution in [3.63, 3.8) is 0 Å². The van der Waals surface area contributed by atoms with Crippen molar-refractivity contribution in [3.05, 3.63) is 53.1 Å². The van der Waals surface area contributed by atoms with Crippen LogP contribution in [0.1, 0.15) is 27.9 Å². The molecule has 0 fully saturated rings. The van der Waals surface area contributed by atoms with Crippen molar-refractivity contribution >= 4 is 17.3 Å². The number of ether oxygens (including phenoxy) is 1. The Labute approximate surface area is 123 Å². The van der Waals surface area contributed by atoms with Gasteiger partial charge in [0.05, 0.1) is 18.4 Å². The number of methoxy groups -OCH3 is 1. The number of hydrogen-bond acceptors (Lipinski definition) is 3. The summed E-state index contributed by atoms with van der Waals surface area (Å²) < 4.78 is 5.22. The fourth-order valence-corrected chi connectivity index (χ4v) is 2.81. The summed E-state index contributed by atoms with van der Waals surface area (Å²) in [6.07, 6.45) is 3.41. The van der Waals surface area contributed by atoms with Crippen molar-refractivity contribution in [1.82, 2.24) is 0 Å². The molecule has 2 aromatic rings. The van der Waals surface area contributed by atoms with Crippen molar-refractivity contribution in [1.29, 1.82) is 0 Å². The maximum atomic E-state index is 12.4. The van der Waals surface area contributed by atoms with Gasteiger partial charge in [-0.2, -0.15) is 0 Å². The highest BCUT2D eigenvalue weighted by Gasteiger charge is 2.16. The van der Waals surface area contributed by atoms with E-state index in [4.69, 9.17) is 10.5 Å². The lowest BCUT2D eigenvalue weighted by Crippen LogP contribution is -2.14. The first-order chi connectivity index (χ1) is 10.2. The van der Waals surface area contributed by atoms with Crippen molar-refractivity contribution in [2.45, 2.75) is 19.3 Å². The molecule has 0 bridgehead atoms. The van der Waals surface area contributed by atoms with E-state index in [0.717, 1.165) is 18.5 Å². The molecule has 108 valence electrons. The maximum Gasteiger partial charge on any atom is 0.259 e. The third-order valence-corrected chi connectivity index (χ3v) is 3.85. The van der Waals surface area contributed by atoms with Crippen LogP contribution in [0.5, 0.6) is 5.75 Å². The zero-order valence-electron chi connectivity index (χ0n) is 12.0. The quantitative estimate of drug-likeness (QED) is 0.850. The number of amides is 1. The highest BCUT2D eigenvalue weighted by molar-refractivity contribution is 6.07. The van der Waals surface area contributed by atoms with E-state index in [0.29, 0.717) is 17.0 Å². The standard InChI is InChI=1S/C17H18N2O2/c1-21-16-14(6-3-7-15(16)18)17(20)19-13-9-8-11-4-2-5-12(11)10-13/h3,6-10H,2,4-5,18H2,1H3,(H,19,20). The molecule has 0 aliphatic heterocycles. The van der Waals surface area contributed by atoms with Crippen molar-refractivity contribution < 1.29 is 9.53 Å². The van der Waals surface area contributed by atoms with Crippen LogP contribution in [0.2, 0.25) is 0 Å². The van der Waals surface area contributed by atoms with Crippen LogP contribution in [0.15, 0.2) is 36.4 Å². The molecule has 1 aliphatic carbocycles. The van der Waals surface area contributed by atoms with Gasteiger partial charge < -0.3 is 15.8 Å². The molecule has 3 N–H and O–H groups in total. The number of benzene rings is 2. The van der Waals surface area contributed by atoms with E-state index in [1.165, 1.54) is 24.7 Å². The minimum atomic E-state index is -0.211. The maximum absolute atomic E-state index is 12.4. The van der Waals surface area contributed by atoms with E-state index in [1.54, 1.807) is 18.2 Å². The number of carbonyl (C=O) groups excluding carboxylic acids is 1. The zero-order valence-corrected chi connectivity index (χ0v) is 12.0. The van der Waals surface area contributed by atoms with E-state index >= 15 is 0 Å². The minimum Gasteiger partial charge on any atom is -0.494 e. The molecule has 3 rings (SSSR count). The monoisotopic (exact) mass is 282 g/mol. The molecule has 0 aromatic heterocycles. The Kier molecular flexibility index (Phi) is 3.52. The van der Waals surface area contributed by atoms with Crippen LogP contribution in [0.25, 0.3) is 0 Å². The Hall–Kier alpha value is -2.49. The lowest BCUT2D eigenvalue weighted by molar-refractivity contribution is 0.102. The van der Waals surface area contributed by atoms with Crippen LogP contribution in [0, 0.1) is 0 Å². The average Bonchev–Trinajstić information content (AvgIpc) is 2.94. The predicted octanol–water partition coefficient (Wildman–Crippen LogP) is 3.02. The number of aryl methyl sites for hydroxylation is 2. The zero-order chi connectivity index (χ0) is 14.8. The lowest BCUT2D eigenvalue weighted by Gasteiger charge is -2.12. The number of rotatable bonds is 3. The van der Waals surface area contributed by atoms with Crippen molar-refractivity contribution in [2.24, 2.45) is 0 Å². The van der Waals surface area contributed by atoms with Gasteiger partial charge >= 0.3 is 0 Å². The van der Waals surface area contributed by atoms with Gasteiger partial charge in [-0.25, -0.2) is 0 Å². The van der Waals surface area contributed by atoms with Gasteiger partial charge in [0.1, 0.15) is 0 Å². The molecule has 0 radical (unpaired) electrons. The fraction of sp³-hybridized carbons (Fsp3) is 0.235. The normalized spacial score (nSPS) is 12.8. The second-order valence-corrected chi connectivity index (χ2v) is 5.22. The Morgan fingerprint density at radius 3 is 2.81 bits per heavy atom. The molecule has 21 heavy (non-hydrogen) atoms. The van der Waals surface area contributed by atoms with Crippen LogP contribution in [0.4, 0.5) is 11.4 Å². The first-order valence-electron chi connectivity index (χ1n) is 7.04. The molecule has 0 unspecified atom stereocenters. The van der Waals surface area contributed by atoms with Gasteiger partial charge in [-0.3, -0.25) is 4.79 Å². The largest absolute Gasteiger partial charge is 0.494 e. The lowest BCUT2D eigenvalue weighted by atomic mass is 10.1. The van der Waals surface area contributed by atoms with Crippen LogP contribution >= 0.6 is 0 Å². The first kappa shape index (κ1) is 13.5. The summed E-state index contributed by atoms with van der Waals surface area (Å²) in [5, 5.41) is 2.92. The topological polar surface area (TPSA) is 64.3 Å². The van der Waals surface area contributed by atoms with Crippen LogP contribution in [-0.4, -0.2) is 13.0 Å². The SMILES string of the molecule is COc1c(N)cccc1C(=O)Nc1ccc2c(c1)CCC2. The average molecular weight is 282 g/mol. The molecule has 4 nitrogen and oxygen atoms in total. The molecule has 0 saturated carbocycles. The van der Waals surface area contributed by atoms with Gasteiger partial charge in [0, 0.05) is 5.69 Å². The fourth-order valence-electron chi connectivity index (χ4n) is 2.81. The summed E-state index contributed by atoms with van der Waals surface area (Å²) in [5.41, 5.74) is 10.3. The Morgan fingerprint density at radius 1 is 1.19 bits per heavy atom. The van der Waals surface area contributed by atoms with E-state index in [9.17, 15) is 4.79 Å². The predicted molar refractivity (Wildman–Crippen MR) is 83.8 cm³/mol. The number of fused-ring (bicyclic) bond motifs is 1. The molecule has 0 atom stereocenters. The second-order valence-electron chi connectivity index (χ2n) is 5.22. The first-order valence-corrected chi connectivity index (χ1v) is 7.04. The number of nitrogens with two attached hydrogens (primary N) is 1. The highest BCUT2D eigenvalue weighted by atomic mass is 16.5. The minimum absolute atomic E-state index is 0.211. The molecule has 4 heteroatoms. The third kappa shape index (κ3) is 2.57. The molecule has 1 aliphatic rings. The highest BCUT2D eigenvalue weighted by Crippen LogP contribution is 2.28. The summed E-state index contributed by atoms with van der Waals surface area (Å²) >= 11 is 0. The number of nitrogen functional groups attached to an aromatic ring is 1. The second kappa shape index (κ2) is 5.48. The van der Waals surface area contributed by atoms with Gasteiger partial charge in [0.15, 0.2) is 5.75 Å².